The lowest BCUT2D eigenvalue weighted by Crippen LogP contribution is -2.56. The van der Waals surface area contributed by atoms with Crippen LogP contribution in [0.15, 0.2) is 55.4 Å². The molecule has 55 heavy (non-hydrogen) atoms. The summed E-state index contributed by atoms with van der Waals surface area (Å²) in [5, 5.41) is 6.44. The second kappa shape index (κ2) is 14.8. The number of ether oxygens (including phenoxy) is 2. The highest BCUT2D eigenvalue weighted by molar-refractivity contribution is 6.06. The Morgan fingerprint density at radius 2 is 1.89 bits per heavy atom. The number of nitrogens with zero attached hydrogens (tertiary/aromatic N) is 7. The fourth-order valence-electron chi connectivity index (χ4n) is 8.94. The van der Waals surface area contributed by atoms with Crippen molar-refractivity contribution in [3.8, 4) is 17.1 Å². The van der Waals surface area contributed by atoms with Crippen LogP contribution in [0.1, 0.15) is 60.9 Å². The van der Waals surface area contributed by atoms with Gasteiger partial charge in [0.1, 0.15) is 11.5 Å². The zero-order chi connectivity index (χ0) is 38.4. The van der Waals surface area contributed by atoms with Gasteiger partial charge in [0.25, 0.3) is 11.8 Å². The Kier molecular flexibility index (Phi) is 9.85. The molecule has 0 radical (unpaired) electrons. The summed E-state index contributed by atoms with van der Waals surface area (Å²) >= 11 is 0. The first-order valence-corrected chi connectivity index (χ1v) is 19.4. The lowest BCUT2D eigenvalue weighted by Gasteiger charge is -2.45. The summed E-state index contributed by atoms with van der Waals surface area (Å²) in [6.45, 7) is 18.1. The molecule has 4 aliphatic rings. The number of fused-ring (bicyclic) bond motifs is 3. The fourth-order valence-corrected chi connectivity index (χ4v) is 8.94. The first-order chi connectivity index (χ1) is 26.5. The Labute approximate surface area is 322 Å². The highest BCUT2D eigenvalue weighted by Gasteiger charge is 2.37. The van der Waals surface area contributed by atoms with Crippen LogP contribution in [0.5, 0.6) is 5.88 Å². The van der Waals surface area contributed by atoms with Gasteiger partial charge in [-0.1, -0.05) is 20.4 Å². The second-order valence-electron chi connectivity index (χ2n) is 16.0. The van der Waals surface area contributed by atoms with Crippen LogP contribution in [0, 0.1) is 12.3 Å². The molecule has 6 heterocycles. The summed E-state index contributed by atoms with van der Waals surface area (Å²) in [7, 11) is 1.56. The van der Waals surface area contributed by atoms with E-state index in [0.717, 1.165) is 87.6 Å². The van der Waals surface area contributed by atoms with Crippen molar-refractivity contribution in [3.63, 3.8) is 0 Å². The Bertz CT molecular complexity index is 2140. The molecule has 8 rings (SSSR count). The largest absolute Gasteiger partial charge is 0.478 e. The molecule has 1 aromatic carbocycles. The molecule has 0 spiro atoms. The van der Waals surface area contributed by atoms with Gasteiger partial charge in [0.15, 0.2) is 5.82 Å². The van der Waals surface area contributed by atoms with Gasteiger partial charge in [0.2, 0.25) is 5.91 Å². The topological polar surface area (TPSA) is 130 Å². The standard InChI is InChI=1S/C42H51N9O4/c1-7-37(52)46-32-21-29(8-9-34(32)49-15-14-48(25-26(49)2)30-11-18-55-19-12-30)45-38-40(54-6)44-24-33(47-38)31-10-13-43-39(27(31)3)51-17-16-50-35(41(51)53)20-28-22-42(4,5)23-36(28)50/h7-10,13,20-21,24,26,30H,1,11-12,14-19,22-23,25H2,2-6H3,(H,45,47)(H,46,52)/t26-/m0/s1. The number of anilines is 5. The van der Waals surface area contributed by atoms with Gasteiger partial charge in [0, 0.05) is 86.7 Å². The van der Waals surface area contributed by atoms with Crippen LogP contribution >= 0.6 is 0 Å². The van der Waals surface area contributed by atoms with Gasteiger partial charge in [-0.3, -0.25) is 19.4 Å². The molecule has 2 fully saturated rings. The highest BCUT2D eigenvalue weighted by atomic mass is 16.5. The molecule has 288 valence electrons. The van der Waals surface area contributed by atoms with Crippen molar-refractivity contribution in [1.29, 1.82) is 0 Å². The Hall–Kier alpha value is -5.27. The number of amides is 2. The molecule has 1 atom stereocenters. The maximum atomic E-state index is 13.9. The van der Waals surface area contributed by atoms with E-state index in [2.05, 4.69) is 63.4 Å². The summed E-state index contributed by atoms with van der Waals surface area (Å²) in [4.78, 5) is 47.6. The van der Waals surface area contributed by atoms with E-state index < -0.39 is 0 Å². The maximum Gasteiger partial charge on any atom is 0.276 e. The number of methoxy groups -OCH3 is 1. The smallest absolute Gasteiger partial charge is 0.276 e. The molecule has 3 aliphatic heterocycles. The summed E-state index contributed by atoms with van der Waals surface area (Å²) in [5.41, 5.74) is 8.09. The van der Waals surface area contributed by atoms with E-state index in [9.17, 15) is 9.59 Å². The molecule has 2 N–H and O–H groups in total. The fraction of sp³-hybridized carbons (Fsp3) is 0.452. The quantitative estimate of drug-likeness (QED) is 0.197. The number of nitrogens with one attached hydrogen (secondary N) is 2. The van der Waals surface area contributed by atoms with Crippen LogP contribution < -0.4 is 25.2 Å². The third-order valence-corrected chi connectivity index (χ3v) is 11.6. The van der Waals surface area contributed by atoms with Gasteiger partial charge in [0.05, 0.1) is 30.4 Å². The van der Waals surface area contributed by atoms with Gasteiger partial charge in [-0.25, -0.2) is 15.0 Å². The molecule has 4 aromatic rings. The molecular weight excluding hydrogens is 695 g/mol. The SMILES string of the molecule is C=CC(=O)Nc1cc(Nc2nc(-c3ccnc(N4CCn5c(cc6c5CC(C)(C)C6)C4=O)c3C)cnc2OC)ccc1N1CCN(C2CCOCC2)C[C@@H]1C. The van der Waals surface area contributed by atoms with Crippen molar-refractivity contribution in [2.75, 3.05) is 66.9 Å². The molecule has 3 aromatic heterocycles. The van der Waals surface area contributed by atoms with Crippen LogP contribution in [-0.4, -0.2) is 94.8 Å². The van der Waals surface area contributed by atoms with Crippen molar-refractivity contribution < 1.29 is 19.1 Å². The number of carbonyl (C=O) groups excluding carboxylic acids is 2. The number of carbonyl (C=O) groups is 2. The van der Waals surface area contributed by atoms with Gasteiger partial charge in [-0.05, 0) is 86.9 Å². The minimum absolute atomic E-state index is 0.0345. The summed E-state index contributed by atoms with van der Waals surface area (Å²) in [6.07, 6.45) is 8.77. The zero-order valence-corrected chi connectivity index (χ0v) is 32.5. The number of aromatic nitrogens is 4. The van der Waals surface area contributed by atoms with E-state index in [4.69, 9.17) is 19.4 Å². The lowest BCUT2D eigenvalue weighted by molar-refractivity contribution is -0.111. The molecule has 13 heteroatoms. The summed E-state index contributed by atoms with van der Waals surface area (Å²) < 4.78 is 13.5. The van der Waals surface area contributed by atoms with Crippen molar-refractivity contribution in [3.05, 3.63) is 77.9 Å². The molecule has 0 saturated carbocycles. The van der Waals surface area contributed by atoms with Crippen LogP contribution in [0.2, 0.25) is 0 Å². The zero-order valence-electron chi connectivity index (χ0n) is 32.5. The van der Waals surface area contributed by atoms with Crippen LogP contribution in [0.25, 0.3) is 11.3 Å². The normalized spacial score (nSPS) is 19.9. The van der Waals surface area contributed by atoms with Crippen LogP contribution in [0.4, 0.5) is 28.7 Å². The molecule has 1 aliphatic carbocycles. The van der Waals surface area contributed by atoms with E-state index >= 15 is 0 Å². The van der Waals surface area contributed by atoms with E-state index in [1.165, 1.54) is 17.3 Å². The highest BCUT2D eigenvalue weighted by Crippen LogP contribution is 2.40. The predicted octanol–water partition coefficient (Wildman–Crippen LogP) is 6.00. The van der Waals surface area contributed by atoms with Gasteiger partial charge >= 0.3 is 0 Å². The third kappa shape index (κ3) is 7.06. The van der Waals surface area contributed by atoms with Gasteiger partial charge in [-0.15, -0.1) is 0 Å². The van der Waals surface area contributed by atoms with Crippen LogP contribution in [-0.2, 0) is 28.9 Å². The minimum Gasteiger partial charge on any atom is -0.478 e. The molecule has 13 nitrogen and oxygen atoms in total. The van der Waals surface area contributed by atoms with Crippen molar-refractivity contribution in [2.24, 2.45) is 5.41 Å². The molecular formula is C42H51N9O4. The molecule has 2 amide bonds. The lowest BCUT2D eigenvalue weighted by atomic mass is 9.90. The molecule has 2 saturated heterocycles. The first kappa shape index (κ1) is 36.7. The van der Waals surface area contributed by atoms with Crippen molar-refractivity contribution >= 4 is 40.5 Å². The number of benzene rings is 1. The number of piperazine rings is 1. The van der Waals surface area contributed by atoms with E-state index in [0.29, 0.717) is 47.2 Å². The Morgan fingerprint density at radius 1 is 1.07 bits per heavy atom. The van der Waals surface area contributed by atoms with Crippen LogP contribution in [0.3, 0.4) is 0 Å². The monoisotopic (exact) mass is 745 g/mol. The number of pyridine rings is 1. The van der Waals surface area contributed by atoms with Gasteiger partial charge < -0.3 is 29.6 Å². The predicted molar refractivity (Wildman–Crippen MR) is 215 cm³/mol. The second-order valence-corrected chi connectivity index (χ2v) is 16.0. The average molecular weight is 746 g/mol. The van der Waals surface area contributed by atoms with Crippen molar-refractivity contribution in [2.45, 2.75) is 72.0 Å². The summed E-state index contributed by atoms with van der Waals surface area (Å²) in [6, 6.07) is 10.7. The van der Waals surface area contributed by atoms with Gasteiger partial charge in [-0.2, -0.15) is 0 Å². The summed E-state index contributed by atoms with van der Waals surface area (Å²) in [5.74, 6) is 1.02. The number of hydrogen-bond acceptors (Lipinski definition) is 10. The van der Waals surface area contributed by atoms with E-state index in [1.807, 2.05) is 31.2 Å². The van der Waals surface area contributed by atoms with E-state index in [-0.39, 0.29) is 23.3 Å². The van der Waals surface area contributed by atoms with Crippen molar-refractivity contribution in [1.82, 2.24) is 24.4 Å². The third-order valence-electron chi connectivity index (χ3n) is 11.6. The minimum atomic E-state index is -0.288. The average Bonchev–Trinajstić information content (AvgIpc) is 3.68. The number of rotatable bonds is 9. The van der Waals surface area contributed by atoms with E-state index in [1.54, 1.807) is 24.4 Å². The number of hydrogen-bond donors (Lipinski definition) is 2. The maximum absolute atomic E-state index is 13.9. The first-order valence-electron chi connectivity index (χ1n) is 19.4. The molecule has 0 unspecified atom stereocenters. The Balaban J connectivity index is 1.05. The Morgan fingerprint density at radius 3 is 2.65 bits per heavy atom. The molecule has 0 bridgehead atoms.